The lowest BCUT2D eigenvalue weighted by atomic mass is 10.1. The second kappa shape index (κ2) is 8.44. The summed E-state index contributed by atoms with van der Waals surface area (Å²) in [6.45, 7) is 1.91. The number of para-hydroxylation sites is 1. The Bertz CT molecular complexity index is 1200. The summed E-state index contributed by atoms with van der Waals surface area (Å²) >= 11 is 0. The highest BCUT2D eigenvalue weighted by molar-refractivity contribution is 5.85. The van der Waals surface area contributed by atoms with Gasteiger partial charge in [-0.3, -0.25) is 15.6 Å². The minimum absolute atomic E-state index is 0.167. The van der Waals surface area contributed by atoms with Crippen LogP contribution in [-0.4, -0.2) is 20.9 Å². The highest BCUT2D eigenvalue weighted by Gasteiger charge is 2.13. The van der Waals surface area contributed by atoms with Crippen molar-refractivity contribution < 1.29 is 9.53 Å². The first-order valence-electron chi connectivity index (χ1n) is 9.33. The van der Waals surface area contributed by atoms with Gasteiger partial charge in [0.1, 0.15) is 17.5 Å². The van der Waals surface area contributed by atoms with Gasteiger partial charge in [-0.25, -0.2) is 9.97 Å². The molecule has 0 aliphatic heterocycles. The molecule has 0 atom stereocenters. The lowest BCUT2D eigenvalue weighted by Gasteiger charge is -2.13. The van der Waals surface area contributed by atoms with Crippen LogP contribution in [0.15, 0.2) is 67.0 Å². The maximum Gasteiger partial charge on any atom is 0.248 e. The maximum atomic E-state index is 12.2. The molecular weight excluding hydrogens is 380 g/mol. The minimum atomic E-state index is -0.226. The SMILES string of the molecule is Cc1ccc2cccc(Oc3ncnc(NNC(=O)Cc4ccccc4)c3N)c2n1. The van der Waals surface area contributed by atoms with E-state index in [4.69, 9.17) is 10.5 Å². The number of hydrazine groups is 1. The zero-order valence-corrected chi connectivity index (χ0v) is 16.3. The van der Waals surface area contributed by atoms with Crippen LogP contribution in [0.25, 0.3) is 10.9 Å². The number of pyridine rings is 1. The molecule has 150 valence electrons. The van der Waals surface area contributed by atoms with Crippen LogP contribution in [0.1, 0.15) is 11.3 Å². The average molecular weight is 400 g/mol. The second-order valence-electron chi connectivity index (χ2n) is 6.66. The molecule has 0 aliphatic rings. The number of hydrogen-bond donors (Lipinski definition) is 3. The Morgan fingerprint density at radius 2 is 1.87 bits per heavy atom. The first kappa shape index (κ1) is 19.1. The van der Waals surface area contributed by atoms with Gasteiger partial charge in [0.15, 0.2) is 11.6 Å². The van der Waals surface area contributed by atoms with Crippen molar-refractivity contribution in [3.8, 4) is 11.6 Å². The molecular formula is C22H20N6O2. The third kappa shape index (κ3) is 4.27. The molecule has 4 rings (SSSR count). The van der Waals surface area contributed by atoms with Crippen LogP contribution in [0.4, 0.5) is 11.5 Å². The molecule has 0 spiro atoms. The van der Waals surface area contributed by atoms with E-state index in [0.717, 1.165) is 16.6 Å². The summed E-state index contributed by atoms with van der Waals surface area (Å²) in [5, 5.41) is 0.942. The molecule has 0 radical (unpaired) electrons. The monoisotopic (exact) mass is 400 g/mol. The molecule has 2 aromatic heterocycles. The van der Waals surface area contributed by atoms with E-state index in [-0.39, 0.29) is 29.7 Å². The summed E-state index contributed by atoms with van der Waals surface area (Å²) < 4.78 is 5.93. The third-order valence-corrected chi connectivity index (χ3v) is 4.40. The minimum Gasteiger partial charge on any atom is -0.435 e. The normalized spacial score (nSPS) is 10.6. The summed E-state index contributed by atoms with van der Waals surface area (Å²) in [6.07, 6.45) is 1.53. The lowest BCUT2D eigenvalue weighted by molar-refractivity contribution is -0.119. The number of nitrogens with two attached hydrogens (primary N) is 1. The first-order chi connectivity index (χ1) is 14.6. The van der Waals surface area contributed by atoms with Crippen LogP contribution < -0.4 is 21.3 Å². The largest absolute Gasteiger partial charge is 0.435 e. The molecule has 0 bridgehead atoms. The number of hydrogen-bond acceptors (Lipinski definition) is 7. The van der Waals surface area contributed by atoms with Crippen molar-refractivity contribution in [1.82, 2.24) is 20.4 Å². The number of benzene rings is 2. The Morgan fingerprint density at radius 1 is 1.03 bits per heavy atom. The number of nitrogens with zero attached hydrogens (tertiary/aromatic N) is 3. The summed E-state index contributed by atoms with van der Waals surface area (Å²) in [5.74, 6) is 0.711. The van der Waals surface area contributed by atoms with Crippen molar-refractivity contribution in [1.29, 1.82) is 0 Å². The standard InChI is InChI=1S/C22H20N6O2/c1-14-10-11-16-8-5-9-17(20(16)26-14)30-22-19(23)21(24-13-25-22)28-27-18(29)12-15-6-3-2-4-7-15/h2-11,13H,12,23H2,1H3,(H,27,29)(H,24,25,28). The number of amides is 1. The Labute approximate surface area is 173 Å². The van der Waals surface area contributed by atoms with E-state index < -0.39 is 0 Å². The van der Waals surface area contributed by atoms with E-state index in [2.05, 4.69) is 25.8 Å². The van der Waals surface area contributed by atoms with Gasteiger partial charge in [0.05, 0.1) is 6.42 Å². The first-order valence-corrected chi connectivity index (χ1v) is 9.33. The van der Waals surface area contributed by atoms with Crippen LogP contribution in [0.2, 0.25) is 0 Å². The molecule has 30 heavy (non-hydrogen) atoms. The van der Waals surface area contributed by atoms with Gasteiger partial charge in [-0.15, -0.1) is 0 Å². The number of nitrogen functional groups attached to an aromatic ring is 1. The lowest BCUT2D eigenvalue weighted by Crippen LogP contribution is -2.31. The number of ether oxygens (including phenoxy) is 1. The summed E-state index contributed by atoms with van der Waals surface area (Å²) in [7, 11) is 0. The number of rotatable bonds is 6. The topological polar surface area (TPSA) is 115 Å². The quantitative estimate of drug-likeness (QED) is 0.425. The molecule has 1 amide bonds. The van der Waals surface area contributed by atoms with Gasteiger partial charge in [-0.2, -0.15) is 4.98 Å². The van der Waals surface area contributed by atoms with Gasteiger partial charge < -0.3 is 10.5 Å². The van der Waals surface area contributed by atoms with Crippen LogP contribution in [0.5, 0.6) is 11.6 Å². The van der Waals surface area contributed by atoms with Crippen molar-refractivity contribution in [2.45, 2.75) is 13.3 Å². The summed E-state index contributed by atoms with van der Waals surface area (Å²) in [6, 6.07) is 18.9. The fourth-order valence-corrected chi connectivity index (χ4v) is 2.92. The van der Waals surface area contributed by atoms with Gasteiger partial charge >= 0.3 is 0 Å². The van der Waals surface area contributed by atoms with Gasteiger partial charge in [0.25, 0.3) is 0 Å². The molecule has 4 aromatic rings. The van der Waals surface area contributed by atoms with Gasteiger partial charge in [-0.05, 0) is 24.6 Å². The van der Waals surface area contributed by atoms with Crippen LogP contribution in [-0.2, 0) is 11.2 Å². The maximum absolute atomic E-state index is 12.2. The van der Waals surface area contributed by atoms with E-state index in [0.29, 0.717) is 11.3 Å². The Hall–Kier alpha value is -4.20. The van der Waals surface area contributed by atoms with Crippen molar-refractivity contribution in [3.05, 3.63) is 78.2 Å². The number of carbonyl (C=O) groups excluding carboxylic acids is 1. The van der Waals surface area contributed by atoms with Crippen LogP contribution in [0.3, 0.4) is 0 Å². The molecule has 8 heteroatoms. The highest BCUT2D eigenvalue weighted by Crippen LogP contribution is 2.32. The van der Waals surface area contributed by atoms with Crippen molar-refractivity contribution in [3.63, 3.8) is 0 Å². The predicted molar refractivity (Wildman–Crippen MR) is 115 cm³/mol. The highest BCUT2D eigenvalue weighted by atomic mass is 16.5. The molecule has 8 nitrogen and oxygen atoms in total. The van der Waals surface area contributed by atoms with Crippen LogP contribution in [0, 0.1) is 6.92 Å². The molecule has 0 unspecified atom stereocenters. The second-order valence-corrected chi connectivity index (χ2v) is 6.66. The molecule has 4 N–H and O–H groups in total. The van der Waals surface area contributed by atoms with Gasteiger partial charge in [-0.1, -0.05) is 48.5 Å². The Kier molecular flexibility index (Phi) is 5.38. The van der Waals surface area contributed by atoms with E-state index in [9.17, 15) is 4.79 Å². The Balaban J connectivity index is 1.50. The smallest absolute Gasteiger partial charge is 0.248 e. The van der Waals surface area contributed by atoms with Crippen molar-refractivity contribution in [2.24, 2.45) is 0 Å². The molecule has 2 heterocycles. The number of aromatic nitrogens is 3. The van der Waals surface area contributed by atoms with E-state index >= 15 is 0 Å². The van der Waals surface area contributed by atoms with Gasteiger partial charge in [0.2, 0.25) is 11.8 Å². The van der Waals surface area contributed by atoms with Crippen LogP contribution >= 0.6 is 0 Å². The molecule has 0 aliphatic carbocycles. The van der Waals surface area contributed by atoms with Crippen molar-refractivity contribution in [2.75, 3.05) is 11.2 Å². The van der Waals surface area contributed by atoms with Gasteiger partial charge in [0, 0.05) is 11.1 Å². The zero-order chi connectivity index (χ0) is 20.9. The number of carbonyl (C=O) groups is 1. The predicted octanol–water partition coefficient (Wildman–Crippen LogP) is 3.39. The van der Waals surface area contributed by atoms with E-state index in [1.54, 1.807) is 6.07 Å². The van der Waals surface area contributed by atoms with E-state index in [1.807, 2.05) is 61.5 Å². The summed E-state index contributed by atoms with van der Waals surface area (Å²) in [4.78, 5) is 24.9. The average Bonchev–Trinajstić information content (AvgIpc) is 2.75. The number of nitrogens with one attached hydrogen (secondary N) is 2. The molecule has 0 fully saturated rings. The molecule has 0 saturated carbocycles. The fraction of sp³-hybridized carbons (Fsp3) is 0.0909. The van der Waals surface area contributed by atoms with Crippen molar-refractivity contribution >= 4 is 28.3 Å². The number of aryl methyl sites for hydroxylation is 1. The Morgan fingerprint density at radius 3 is 2.70 bits per heavy atom. The molecule has 2 aromatic carbocycles. The summed E-state index contributed by atoms with van der Waals surface area (Å²) in [5.41, 5.74) is 14.1. The third-order valence-electron chi connectivity index (χ3n) is 4.40. The van der Waals surface area contributed by atoms with E-state index in [1.165, 1.54) is 6.33 Å². The fourth-order valence-electron chi connectivity index (χ4n) is 2.92. The number of fused-ring (bicyclic) bond motifs is 1. The molecule has 0 saturated heterocycles. The zero-order valence-electron chi connectivity index (χ0n) is 16.3. The number of anilines is 2.